The normalized spacial score (nSPS) is 16.0. The molecular formula is C23H30N2O2. The minimum Gasteiger partial charge on any atom is -0.494 e. The molecule has 0 aromatic heterocycles. The molecule has 1 unspecified atom stereocenters. The molecule has 1 aliphatic heterocycles. The second-order valence-corrected chi connectivity index (χ2v) is 7.28. The fourth-order valence-corrected chi connectivity index (χ4v) is 3.84. The first-order valence-corrected chi connectivity index (χ1v) is 9.91. The average Bonchev–Trinajstić information content (AvgIpc) is 2.69. The van der Waals surface area contributed by atoms with Crippen LogP contribution in [-0.4, -0.2) is 25.6 Å². The van der Waals surface area contributed by atoms with Crippen LogP contribution in [0.1, 0.15) is 56.7 Å². The Hall–Kier alpha value is -2.49. The van der Waals surface area contributed by atoms with E-state index in [0.29, 0.717) is 12.5 Å². The summed E-state index contributed by atoms with van der Waals surface area (Å²) in [6, 6.07) is 17.2. The Bertz CT molecular complexity index is 732. The number of ether oxygens (including phenoxy) is 1. The van der Waals surface area contributed by atoms with Crippen LogP contribution in [0.3, 0.4) is 0 Å². The minimum absolute atomic E-state index is 0.00763. The number of nitrogens with one attached hydrogen (secondary N) is 1. The van der Waals surface area contributed by atoms with Gasteiger partial charge in [0.25, 0.3) is 0 Å². The first-order valence-electron chi connectivity index (χ1n) is 9.91. The lowest BCUT2D eigenvalue weighted by Gasteiger charge is -2.34. The van der Waals surface area contributed by atoms with E-state index < -0.39 is 0 Å². The van der Waals surface area contributed by atoms with Crippen molar-refractivity contribution < 1.29 is 9.53 Å². The van der Waals surface area contributed by atoms with Crippen molar-refractivity contribution in [3.05, 3.63) is 59.7 Å². The van der Waals surface area contributed by atoms with Gasteiger partial charge < -0.3 is 15.0 Å². The Kier molecular flexibility index (Phi) is 6.38. The molecule has 4 nitrogen and oxygen atoms in total. The molecule has 1 fully saturated rings. The molecule has 1 aliphatic rings. The van der Waals surface area contributed by atoms with Gasteiger partial charge in [-0.1, -0.05) is 24.3 Å². The molecule has 0 saturated carbocycles. The van der Waals surface area contributed by atoms with Crippen molar-refractivity contribution in [3.63, 3.8) is 0 Å². The van der Waals surface area contributed by atoms with Crippen molar-refractivity contribution >= 4 is 11.6 Å². The van der Waals surface area contributed by atoms with E-state index in [1.165, 1.54) is 11.3 Å². The first kappa shape index (κ1) is 19.3. The molecule has 0 aliphatic carbocycles. The molecular weight excluding hydrogens is 336 g/mol. The highest BCUT2D eigenvalue weighted by molar-refractivity contribution is 5.73. The Balaban J connectivity index is 1.56. The van der Waals surface area contributed by atoms with Crippen LogP contribution in [0, 0.1) is 0 Å². The van der Waals surface area contributed by atoms with Crippen LogP contribution >= 0.6 is 0 Å². The van der Waals surface area contributed by atoms with Crippen molar-refractivity contribution in [1.82, 2.24) is 5.32 Å². The summed E-state index contributed by atoms with van der Waals surface area (Å²) in [5, 5.41) is 2.94. The van der Waals surface area contributed by atoms with Crippen LogP contribution in [0.4, 0.5) is 5.69 Å². The van der Waals surface area contributed by atoms with E-state index in [0.717, 1.165) is 37.2 Å². The van der Waals surface area contributed by atoms with Crippen molar-refractivity contribution in [2.45, 2.75) is 45.6 Å². The molecule has 0 spiro atoms. The third kappa shape index (κ3) is 5.03. The van der Waals surface area contributed by atoms with Gasteiger partial charge in [0.2, 0.25) is 5.91 Å². The van der Waals surface area contributed by atoms with E-state index in [4.69, 9.17) is 4.74 Å². The van der Waals surface area contributed by atoms with Gasteiger partial charge in [0.15, 0.2) is 0 Å². The largest absolute Gasteiger partial charge is 0.494 e. The maximum Gasteiger partial charge on any atom is 0.217 e. The van der Waals surface area contributed by atoms with E-state index in [9.17, 15) is 4.79 Å². The zero-order valence-corrected chi connectivity index (χ0v) is 16.6. The smallest absolute Gasteiger partial charge is 0.217 e. The second-order valence-electron chi connectivity index (χ2n) is 7.28. The van der Waals surface area contributed by atoms with Gasteiger partial charge in [0, 0.05) is 25.7 Å². The number of rotatable bonds is 6. The molecule has 2 aromatic carbocycles. The van der Waals surface area contributed by atoms with Gasteiger partial charge in [-0.2, -0.15) is 0 Å². The Morgan fingerprint density at radius 1 is 1.11 bits per heavy atom. The highest BCUT2D eigenvalue weighted by atomic mass is 16.5. The summed E-state index contributed by atoms with van der Waals surface area (Å²) in [5.74, 6) is 1.55. The molecule has 3 rings (SSSR count). The molecule has 1 amide bonds. The maximum absolute atomic E-state index is 11.2. The van der Waals surface area contributed by atoms with Gasteiger partial charge in [-0.25, -0.2) is 0 Å². The van der Waals surface area contributed by atoms with E-state index >= 15 is 0 Å². The number of carbonyl (C=O) groups excluding carboxylic acids is 1. The monoisotopic (exact) mass is 366 g/mol. The van der Waals surface area contributed by atoms with Gasteiger partial charge >= 0.3 is 0 Å². The lowest BCUT2D eigenvalue weighted by molar-refractivity contribution is -0.119. The van der Waals surface area contributed by atoms with Gasteiger partial charge in [0.1, 0.15) is 5.75 Å². The van der Waals surface area contributed by atoms with Crippen molar-refractivity contribution in [2.24, 2.45) is 0 Å². The highest BCUT2D eigenvalue weighted by Crippen LogP contribution is 2.31. The van der Waals surface area contributed by atoms with Crippen molar-refractivity contribution in [1.29, 1.82) is 0 Å². The number of carbonyl (C=O) groups is 1. The van der Waals surface area contributed by atoms with Gasteiger partial charge in [-0.3, -0.25) is 4.79 Å². The molecule has 144 valence electrons. The number of hydrogen-bond donors (Lipinski definition) is 1. The van der Waals surface area contributed by atoms with Crippen molar-refractivity contribution in [3.8, 4) is 5.75 Å². The van der Waals surface area contributed by atoms with Crippen LogP contribution in [-0.2, 0) is 4.79 Å². The summed E-state index contributed by atoms with van der Waals surface area (Å²) >= 11 is 0. The first-order chi connectivity index (χ1) is 13.1. The molecule has 0 bridgehead atoms. The summed E-state index contributed by atoms with van der Waals surface area (Å²) in [7, 11) is 0. The Labute approximate surface area is 162 Å². The number of piperidine rings is 1. The average molecular weight is 367 g/mol. The summed E-state index contributed by atoms with van der Waals surface area (Å²) < 4.78 is 5.53. The van der Waals surface area contributed by atoms with Crippen LogP contribution in [0.2, 0.25) is 0 Å². The zero-order chi connectivity index (χ0) is 19.2. The van der Waals surface area contributed by atoms with Gasteiger partial charge in [-0.05, 0) is 68.0 Å². The predicted octanol–water partition coefficient (Wildman–Crippen LogP) is 4.67. The minimum atomic E-state index is 0.00763. The van der Waals surface area contributed by atoms with Crippen molar-refractivity contribution in [2.75, 3.05) is 24.6 Å². The number of amides is 1. The fraction of sp³-hybridized carbons (Fsp3) is 0.435. The second kappa shape index (κ2) is 8.94. The number of anilines is 1. The standard InChI is InChI=1S/C23H30N2O2/c1-4-27-23-11-9-22(10-12-23)25-15-13-21(14-16-25)20-7-5-19(6-8-20)17(2)24-18(3)26/h5-12,17,21H,4,13-16H2,1-3H3,(H,24,26). The van der Waals surface area contributed by atoms with Crippen LogP contribution in [0.15, 0.2) is 48.5 Å². The quantitative estimate of drug-likeness (QED) is 0.808. The van der Waals surface area contributed by atoms with E-state index in [-0.39, 0.29) is 11.9 Å². The third-order valence-corrected chi connectivity index (χ3v) is 5.34. The SMILES string of the molecule is CCOc1ccc(N2CCC(c3ccc(C(C)NC(C)=O)cc3)CC2)cc1. The molecule has 4 heteroatoms. The molecule has 1 N–H and O–H groups in total. The van der Waals surface area contributed by atoms with Gasteiger partial charge in [0.05, 0.1) is 12.6 Å². The zero-order valence-electron chi connectivity index (χ0n) is 16.6. The van der Waals surface area contributed by atoms with E-state index in [2.05, 4.69) is 58.7 Å². The summed E-state index contributed by atoms with van der Waals surface area (Å²) in [5.41, 5.74) is 3.83. The molecule has 1 atom stereocenters. The Morgan fingerprint density at radius 3 is 2.30 bits per heavy atom. The molecule has 1 heterocycles. The maximum atomic E-state index is 11.2. The van der Waals surface area contributed by atoms with E-state index in [1.807, 2.05) is 13.8 Å². The van der Waals surface area contributed by atoms with Crippen LogP contribution in [0.25, 0.3) is 0 Å². The summed E-state index contributed by atoms with van der Waals surface area (Å²) in [6.07, 6.45) is 2.32. The Morgan fingerprint density at radius 2 is 1.74 bits per heavy atom. The molecule has 2 aromatic rings. The summed E-state index contributed by atoms with van der Waals surface area (Å²) in [6.45, 7) is 8.43. The molecule has 27 heavy (non-hydrogen) atoms. The number of nitrogens with zero attached hydrogens (tertiary/aromatic N) is 1. The predicted molar refractivity (Wildman–Crippen MR) is 110 cm³/mol. The molecule has 0 radical (unpaired) electrons. The third-order valence-electron chi connectivity index (χ3n) is 5.34. The fourth-order valence-electron chi connectivity index (χ4n) is 3.84. The topological polar surface area (TPSA) is 41.6 Å². The van der Waals surface area contributed by atoms with Gasteiger partial charge in [-0.15, -0.1) is 0 Å². The summed E-state index contributed by atoms with van der Waals surface area (Å²) in [4.78, 5) is 13.7. The highest BCUT2D eigenvalue weighted by Gasteiger charge is 2.21. The molecule has 1 saturated heterocycles. The number of hydrogen-bond acceptors (Lipinski definition) is 3. The van der Waals surface area contributed by atoms with E-state index in [1.54, 1.807) is 6.92 Å². The lowest BCUT2D eigenvalue weighted by Crippen LogP contribution is -2.32. The lowest BCUT2D eigenvalue weighted by atomic mass is 9.88. The van der Waals surface area contributed by atoms with Crippen LogP contribution in [0.5, 0.6) is 5.75 Å². The van der Waals surface area contributed by atoms with Crippen LogP contribution < -0.4 is 15.0 Å². The number of benzene rings is 2.